The number of methoxy groups -OCH3 is 6. The van der Waals surface area contributed by atoms with Crippen molar-refractivity contribution in [3.05, 3.63) is 17.7 Å². The Labute approximate surface area is 162 Å². The van der Waals surface area contributed by atoms with Gasteiger partial charge >= 0.3 is 0 Å². The Hall–Kier alpha value is -3.67. The molecule has 0 amide bonds. The third-order valence-electron chi connectivity index (χ3n) is 3.90. The molecular weight excluding hydrogens is 370 g/mol. The second-order valence-corrected chi connectivity index (χ2v) is 5.23. The van der Waals surface area contributed by atoms with Crippen LogP contribution in [0.25, 0.3) is 0 Å². The molecule has 0 aliphatic rings. The number of phenolic OH excluding ortho intramolecular Hbond substituents is 1. The fourth-order valence-electron chi connectivity index (χ4n) is 2.59. The van der Waals surface area contributed by atoms with Crippen LogP contribution >= 0.6 is 0 Å². The van der Waals surface area contributed by atoms with Gasteiger partial charge in [-0.1, -0.05) is 0 Å². The van der Waals surface area contributed by atoms with E-state index in [1.54, 1.807) is 12.1 Å². The van der Waals surface area contributed by atoms with Crippen LogP contribution in [0, 0.1) is 11.3 Å². The van der Waals surface area contributed by atoms with Crippen molar-refractivity contribution < 1.29 is 38.3 Å². The molecule has 0 fully saturated rings. The van der Waals surface area contributed by atoms with Gasteiger partial charge in [0.25, 0.3) is 0 Å². The molecule has 2 aromatic carbocycles. The maximum atomic E-state index is 10.3. The highest BCUT2D eigenvalue weighted by molar-refractivity contribution is 5.74. The number of nitrogens with zero attached hydrogens (tertiary/aromatic N) is 1. The van der Waals surface area contributed by atoms with E-state index in [4.69, 9.17) is 33.2 Å². The molecule has 0 saturated heterocycles. The minimum absolute atomic E-state index is 0.00188. The van der Waals surface area contributed by atoms with Gasteiger partial charge in [0.2, 0.25) is 23.0 Å². The van der Waals surface area contributed by atoms with Crippen LogP contribution in [0.15, 0.2) is 12.1 Å². The van der Waals surface area contributed by atoms with Crippen LogP contribution in [0.5, 0.6) is 51.7 Å². The summed E-state index contributed by atoms with van der Waals surface area (Å²) in [6.45, 7) is 0. The molecule has 28 heavy (non-hydrogen) atoms. The average molecular weight is 391 g/mol. The van der Waals surface area contributed by atoms with E-state index in [0.29, 0.717) is 17.2 Å². The molecule has 2 rings (SSSR count). The van der Waals surface area contributed by atoms with E-state index in [1.165, 1.54) is 42.7 Å². The average Bonchev–Trinajstić information content (AvgIpc) is 2.73. The van der Waals surface area contributed by atoms with E-state index in [9.17, 15) is 10.4 Å². The molecule has 0 aliphatic carbocycles. The van der Waals surface area contributed by atoms with Crippen molar-refractivity contribution in [1.82, 2.24) is 0 Å². The minimum atomic E-state index is -0.431. The van der Waals surface area contributed by atoms with Gasteiger partial charge in [-0.05, 0) is 0 Å². The van der Waals surface area contributed by atoms with E-state index >= 15 is 0 Å². The van der Waals surface area contributed by atoms with Gasteiger partial charge < -0.3 is 38.3 Å². The van der Waals surface area contributed by atoms with E-state index in [-0.39, 0.29) is 34.3 Å². The highest BCUT2D eigenvalue weighted by Gasteiger charge is 2.30. The first-order valence-corrected chi connectivity index (χ1v) is 7.93. The lowest BCUT2D eigenvalue weighted by molar-refractivity contribution is 0.293. The van der Waals surface area contributed by atoms with Gasteiger partial charge in [-0.3, -0.25) is 0 Å². The third kappa shape index (κ3) is 3.44. The van der Waals surface area contributed by atoms with E-state index in [1.807, 2.05) is 6.07 Å². The van der Waals surface area contributed by atoms with Gasteiger partial charge in [-0.25, -0.2) is 0 Å². The molecule has 0 spiro atoms. The monoisotopic (exact) mass is 391 g/mol. The SMILES string of the molecule is COc1cc(OC)c(Oc2c(OC)c(C#N)c(O)c(OC)c2OC)c(OC)c1. The van der Waals surface area contributed by atoms with Crippen LogP contribution in [0.1, 0.15) is 5.56 Å². The van der Waals surface area contributed by atoms with E-state index < -0.39 is 5.75 Å². The number of hydrogen-bond donors (Lipinski definition) is 1. The number of aromatic hydroxyl groups is 1. The van der Waals surface area contributed by atoms with Gasteiger partial charge in [0, 0.05) is 12.1 Å². The van der Waals surface area contributed by atoms with Crippen molar-refractivity contribution in [2.45, 2.75) is 0 Å². The molecule has 0 atom stereocenters. The van der Waals surface area contributed by atoms with Crippen LogP contribution in [-0.4, -0.2) is 47.8 Å². The Morgan fingerprint density at radius 3 is 1.61 bits per heavy atom. The van der Waals surface area contributed by atoms with Crippen molar-refractivity contribution in [2.75, 3.05) is 42.7 Å². The Bertz CT molecular complexity index is 879. The highest BCUT2D eigenvalue weighted by Crippen LogP contribution is 2.56. The van der Waals surface area contributed by atoms with Crippen molar-refractivity contribution in [3.63, 3.8) is 0 Å². The standard InChI is InChI=1S/C19H21NO8/c1-22-10-7-12(23-2)16(13(8-10)24-3)28-19-15(25-4)11(9-20)14(21)17(26-5)18(19)27-6/h7-8,21H,1-6H3. The predicted octanol–water partition coefficient (Wildman–Crippen LogP) is 3.11. The zero-order chi connectivity index (χ0) is 20.8. The molecule has 150 valence electrons. The second kappa shape index (κ2) is 8.81. The van der Waals surface area contributed by atoms with Gasteiger partial charge in [0.1, 0.15) is 17.4 Å². The molecule has 0 saturated carbocycles. The van der Waals surface area contributed by atoms with E-state index in [0.717, 1.165) is 0 Å². The lowest BCUT2D eigenvalue weighted by atomic mass is 10.1. The molecule has 9 nitrogen and oxygen atoms in total. The van der Waals surface area contributed by atoms with E-state index in [2.05, 4.69) is 0 Å². The maximum Gasteiger partial charge on any atom is 0.217 e. The number of nitriles is 1. The normalized spacial score (nSPS) is 9.89. The molecule has 0 unspecified atom stereocenters. The molecule has 0 bridgehead atoms. The van der Waals surface area contributed by atoms with Crippen LogP contribution < -0.4 is 33.2 Å². The second-order valence-electron chi connectivity index (χ2n) is 5.23. The summed E-state index contributed by atoms with van der Waals surface area (Å²) in [5, 5.41) is 19.8. The Morgan fingerprint density at radius 1 is 0.679 bits per heavy atom. The summed E-state index contributed by atoms with van der Waals surface area (Å²) >= 11 is 0. The molecule has 2 aromatic rings. The molecule has 0 radical (unpaired) electrons. The van der Waals surface area contributed by atoms with Crippen LogP contribution in [0.4, 0.5) is 0 Å². The lowest BCUT2D eigenvalue weighted by Gasteiger charge is -2.21. The minimum Gasteiger partial charge on any atom is -0.503 e. The van der Waals surface area contributed by atoms with Gasteiger partial charge in [0.15, 0.2) is 23.0 Å². The third-order valence-corrected chi connectivity index (χ3v) is 3.90. The zero-order valence-corrected chi connectivity index (χ0v) is 16.4. The van der Waals surface area contributed by atoms with Gasteiger partial charge in [-0.15, -0.1) is 0 Å². The highest BCUT2D eigenvalue weighted by atomic mass is 16.6. The predicted molar refractivity (Wildman–Crippen MR) is 98.6 cm³/mol. The Morgan fingerprint density at radius 2 is 1.21 bits per heavy atom. The Balaban J connectivity index is 2.82. The van der Waals surface area contributed by atoms with Gasteiger partial charge in [0.05, 0.1) is 42.7 Å². The first-order valence-electron chi connectivity index (χ1n) is 7.93. The fraction of sp³-hybridized carbons (Fsp3) is 0.316. The van der Waals surface area contributed by atoms with Crippen LogP contribution in [0.2, 0.25) is 0 Å². The summed E-state index contributed by atoms with van der Waals surface area (Å²) in [4.78, 5) is 0. The summed E-state index contributed by atoms with van der Waals surface area (Å²) < 4.78 is 37.8. The topological polar surface area (TPSA) is 109 Å². The number of rotatable bonds is 8. The molecular formula is C19H21NO8. The van der Waals surface area contributed by atoms with Crippen molar-refractivity contribution in [3.8, 4) is 57.8 Å². The maximum absolute atomic E-state index is 10.3. The van der Waals surface area contributed by atoms with Crippen molar-refractivity contribution in [1.29, 1.82) is 5.26 Å². The van der Waals surface area contributed by atoms with Crippen LogP contribution in [0.3, 0.4) is 0 Å². The summed E-state index contributed by atoms with van der Waals surface area (Å²) in [6, 6.07) is 5.06. The van der Waals surface area contributed by atoms with Gasteiger partial charge in [-0.2, -0.15) is 5.26 Å². The lowest BCUT2D eigenvalue weighted by Crippen LogP contribution is -2.02. The molecule has 0 heterocycles. The zero-order valence-electron chi connectivity index (χ0n) is 16.4. The number of ether oxygens (including phenoxy) is 7. The molecule has 9 heteroatoms. The summed E-state index contributed by atoms with van der Waals surface area (Å²) in [5.41, 5.74) is -0.179. The molecule has 1 N–H and O–H groups in total. The first-order chi connectivity index (χ1) is 13.5. The Kier molecular flexibility index (Phi) is 6.50. The van der Waals surface area contributed by atoms with Crippen molar-refractivity contribution in [2.24, 2.45) is 0 Å². The smallest absolute Gasteiger partial charge is 0.217 e. The fourth-order valence-corrected chi connectivity index (χ4v) is 2.59. The van der Waals surface area contributed by atoms with Crippen molar-refractivity contribution >= 4 is 0 Å². The largest absolute Gasteiger partial charge is 0.503 e. The summed E-state index contributed by atoms with van der Waals surface area (Å²) in [7, 11) is 8.42. The number of hydrogen-bond acceptors (Lipinski definition) is 9. The quantitative estimate of drug-likeness (QED) is 0.726. The van der Waals surface area contributed by atoms with Crippen LogP contribution in [-0.2, 0) is 0 Å². The summed E-state index contributed by atoms with van der Waals surface area (Å²) in [6.07, 6.45) is 0. The molecule has 0 aliphatic heterocycles. The number of benzene rings is 2. The number of phenols is 1. The first kappa shape index (κ1) is 20.6. The molecule has 0 aromatic heterocycles. The summed E-state index contributed by atoms with van der Waals surface area (Å²) in [5.74, 6) is 0.726.